The van der Waals surface area contributed by atoms with Crippen LogP contribution in [0.2, 0.25) is 0 Å². The molecule has 0 bridgehead atoms. The fourth-order valence-corrected chi connectivity index (χ4v) is 8.72. The number of likely N-dealkylation sites (N-methyl/N-ethyl adjacent to an activating group) is 1. The molecule has 3 N–H and O–H groups in total. The van der Waals surface area contributed by atoms with Crippen LogP contribution in [0.1, 0.15) is 58.1 Å². The molecule has 3 unspecified atom stereocenters. The molecule has 2 aromatic rings. The molecule has 11 heteroatoms. The largest absolute Gasteiger partial charge is 0.349 e. The van der Waals surface area contributed by atoms with E-state index in [4.69, 9.17) is 4.74 Å². The SMILES string of the molecule is CC(C)CC1C(=O)N2CCC[C@H]2C2(O)O[C@](NC(=O)C3C=C4c5cccc6[nH]c(Br)c(c56)C[C@H]4N(C)C3)(C(C)C)C(=O)N12. The third kappa shape index (κ3) is 4.04. The van der Waals surface area contributed by atoms with Gasteiger partial charge in [-0.2, -0.15) is 0 Å². The Balaban J connectivity index is 1.25. The lowest BCUT2D eigenvalue weighted by molar-refractivity contribution is -0.322. The number of amides is 3. The summed E-state index contributed by atoms with van der Waals surface area (Å²) in [7, 11) is 2.03. The average molecular weight is 655 g/mol. The van der Waals surface area contributed by atoms with E-state index in [0.717, 1.165) is 34.1 Å². The minimum Gasteiger partial charge on any atom is -0.349 e. The Labute approximate surface area is 259 Å². The lowest BCUT2D eigenvalue weighted by Gasteiger charge is -2.49. The van der Waals surface area contributed by atoms with Crippen molar-refractivity contribution in [2.45, 2.75) is 83.1 Å². The van der Waals surface area contributed by atoms with Gasteiger partial charge in [-0.15, -0.1) is 0 Å². The van der Waals surface area contributed by atoms with Gasteiger partial charge in [0.15, 0.2) is 0 Å². The molecule has 0 spiro atoms. The first-order chi connectivity index (χ1) is 20.4. The van der Waals surface area contributed by atoms with Gasteiger partial charge in [-0.05, 0) is 77.3 Å². The van der Waals surface area contributed by atoms with E-state index in [-0.39, 0.29) is 23.8 Å². The molecule has 7 rings (SSSR count). The van der Waals surface area contributed by atoms with Crippen LogP contribution in [0.15, 0.2) is 28.9 Å². The summed E-state index contributed by atoms with van der Waals surface area (Å²) in [5.74, 6) is -4.01. The summed E-state index contributed by atoms with van der Waals surface area (Å²) in [6, 6.07) is 4.76. The number of nitrogens with zero attached hydrogens (tertiary/aromatic N) is 3. The predicted octanol–water partition coefficient (Wildman–Crippen LogP) is 3.19. The summed E-state index contributed by atoms with van der Waals surface area (Å²) in [5, 5.41) is 16.3. The molecule has 1 aromatic heterocycles. The molecule has 0 radical (unpaired) electrons. The van der Waals surface area contributed by atoms with Crippen LogP contribution in [-0.2, 0) is 25.5 Å². The third-order valence-corrected chi connectivity index (χ3v) is 10.9. The van der Waals surface area contributed by atoms with E-state index in [9.17, 15) is 19.5 Å². The number of rotatable bonds is 5. The van der Waals surface area contributed by atoms with E-state index in [1.165, 1.54) is 15.8 Å². The van der Waals surface area contributed by atoms with Crippen LogP contribution in [0, 0.1) is 17.8 Å². The molecule has 43 heavy (non-hydrogen) atoms. The smallest absolute Gasteiger partial charge is 0.281 e. The van der Waals surface area contributed by atoms with Crippen molar-refractivity contribution >= 4 is 50.1 Å². The van der Waals surface area contributed by atoms with Crippen molar-refractivity contribution in [2.75, 3.05) is 20.1 Å². The van der Waals surface area contributed by atoms with Gasteiger partial charge in [0.05, 0.1) is 10.5 Å². The van der Waals surface area contributed by atoms with Crippen molar-refractivity contribution in [3.05, 3.63) is 40.0 Å². The van der Waals surface area contributed by atoms with Crippen LogP contribution < -0.4 is 5.32 Å². The van der Waals surface area contributed by atoms with Crippen molar-refractivity contribution < 1.29 is 24.2 Å². The fourth-order valence-electron chi connectivity index (χ4n) is 8.15. The molecule has 5 aliphatic rings. The Kier molecular flexibility index (Phi) is 6.67. The van der Waals surface area contributed by atoms with Crippen LogP contribution in [0.25, 0.3) is 16.5 Å². The zero-order valence-electron chi connectivity index (χ0n) is 25.3. The molecule has 3 amide bonds. The molecule has 10 nitrogen and oxygen atoms in total. The number of fused-ring (bicyclic) bond motifs is 5. The second kappa shape index (κ2) is 9.89. The zero-order chi connectivity index (χ0) is 30.6. The summed E-state index contributed by atoms with van der Waals surface area (Å²) in [6.07, 6.45) is 4.49. The summed E-state index contributed by atoms with van der Waals surface area (Å²) < 4.78 is 7.43. The first-order valence-corrected chi connectivity index (χ1v) is 16.3. The van der Waals surface area contributed by atoms with Crippen molar-refractivity contribution in [3.63, 3.8) is 0 Å². The fraction of sp³-hybridized carbons (Fsp3) is 0.594. The van der Waals surface area contributed by atoms with Gasteiger partial charge in [0.2, 0.25) is 17.5 Å². The maximum absolute atomic E-state index is 14.4. The molecule has 5 heterocycles. The highest BCUT2D eigenvalue weighted by molar-refractivity contribution is 9.10. The highest BCUT2D eigenvalue weighted by atomic mass is 79.9. The number of H-pyrrole nitrogens is 1. The van der Waals surface area contributed by atoms with Crippen LogP contribution in [0.5, 0.6) is 0 Å². The van der Waals surface area contributed by atoms with Crippen molar-refractivity contribution in [3.8, 4) is 0 Å². The number of aromatic nitrogens is 1. The topological polar surface area (TPSA) is 118 Å². The minimum atomic E-state index is -2.01. The molecule has 1 aromatic carbocycles. The molecule has 6 atom stereocenters. The summed E-state index contributed by atoms with van der Waals surface area (Å²) in [6.45, 7) is 8.57. The Morgan fingerprint density at radius 2 is 2.02 bits per heavy atom. The number of ether oxygens (including phenoxy) is 1. The molecule has 3 fully saturated rings. The molecule has 4 aliphatic heterocycles. The van der Waals surface area contributed by atoms with Gasteiger partial charge < -0.3 is 20.3 Å². The van der Waals surface area contributed by atoms with E-state index in [1.807, 2.05) is 33.0 Å². The van der Waals surface area contributed by atoms with E-state index in [0.29, 0.717) is 25.9 Å². The van der Waals surface area contributed by atoms with E-state index in [2.05, 4.69) is 43.3 Å². The molecule has 0 saturated carbocycles. The molecular weight excluding hydrogens is 614 g/mol. The van der Waals surface area contributed by atoms with Gasteiger partial charge in [-0.3, -0.25) is 28.9 Å². The van der Waals surface area contributed by atoms with Gasteiger partial charge in [0, 0.05) is 36.0 Å². The second-order valence-electron chi connectivity index (χ2n) is 13.7. The Hall–Kier alpha value is -2.73. The number of hydrogen-bond acceptors (Lipinski definition) is 6. The van der Waals surface area contributed by atoms with Crippen molar-refractivity contribution in [2.24, 2.45) is 17.8 Å². The van der Waals surface area contributed by atoms with Gasteiger partial charge in [0.1, 0.15) is 12.1 Å². The summed E-state index contributed by atoms with van der Waals surface area (Å²) in [5.41, 5.74) is 2.68. The minimum absolute atomic E-state index is 0.104. The Morgan fingerprint density at radius 1 is 1.26 bits per heavy atom. The average Bonchev–Trinajstić information content (AvgIpc) is 3.63. The number of hydrogen-bond donors (Lipinski definition) is 3. The Bertz CT molecular complexity index is 1570. The number of carbonyl (C=O) groups excluding carboxylic acids is 3. The molecular formula is C32H40BrN5O5. The van der Waals surface area contributed by atoms with E-state index in [1.54, 1.807) is 18.7 Å². The summed E-state index contributed by atoms with van der Waals surface area (Å²) >= 11 is 3.70. The lowest BCUT2D eigenvalue weighted by atomic mass is 9.79. The van der Waals surface area contributed by atoms with Gasteiger partial charge >= 0.3 is 0 Å². The highest BCUT2D eigenvalue weighted by Crippen LogP contribution is 2.49. The van der Waals surface area contributed by atoms with E-state index >= 15 is 0 Å². The number of nitrogens with one attached hydrogen (secondary N) is 2. The van der Waals surface area contributed by atoms with Gasteiger partial charge in [-0.1, -0.05) is 45.9 Å². The number of aliphatic hydroxyl groups is 1. The number of benzene rings is 1. The van der Waals surface area contributed by atoms with Gasteiger partial charge in [0.25, 0.3) is 11.8 Å². The van der Waals surface area contributed by atoms with E-state index < -0.39 is 41.5 Å². The maximum Gasteiger partial charge on any atom is 0.281 e. The second-order valence-corrected chi connectivity index (χ2v) is 14.5. The monoisotopic (exact) mass is 653 g/mol. The third-order valence-electron chi connectivity index (χ3n) is 10.3. The number of piperazine rings is 1. The zero-order valence-corrected chi connectivity index (χ0v) is 26.9. The van der Waals surface area contributed by atoms with Crippen LogP contribution in [0.3, 0.4) is 0 Å². The highest BCUT2D eigenvalue weighted by Gasteiger charge is 2.72. The predicted molar refractivity (Wildman–Crippen MR) is 164 cm³/mol. The first-order valence-electron chi connectivity index (χ1n) is 15.5. The first kappa shape index (κ1) is 29.0. The lowest BCUT2D eigenvalue weighted by Crippen LogP contribution is -2.71. The van der Waals surface area contributed by atoms with Crippen LogP contribution in [0.4, 0.5) is 0 Å². The summed E-state index contributed by atoms with van der Waals surface area (Å²) in [4.78, 5) is 50.8. The Morgan fingerprint density at radius 3 is 2.74 bits per heavy atom. The number of halogens is 1. The maximum atomic E-state index is 14.4. The molecule has 1 aliphatic carbocycles. The van der Waals surface area contributed by atoms with Gasteiger partial charge in [-0.25, -0.2) is 0 Å². The van der Waals surface area contributed by atoms with Crippen molar-refractivity contribution in [1.29, 1.82) is 0 Å². The quantitative estimate of drug-likeness (QED) is 0.456. The molecule has 3 saturated heterocycles. The molecule has 230 valence electrons. The standard InChI is InChI=1S/C32H40BrN5O5/c1-16(2)12-24-29(40)37-11-7-10-25(37)32(42)38(24)30(41)31(43-32,17(3)4)35-28(39)18-13-20-19-8-6-9-22-26(19)21(27(33)34-22)14-23(20)36(5)15-18/h6,8-9,13,16-18,23-25,34,42H,7,10-12,14-15H2,1-5H3,(H,35,39)/t18?,23-,24?,25+,31-,32?/m1/s1. The van der Waals surface area contributed by atoms with Crippen molar-refractivity contribution in [1.82, 2.24) is 25.0 Å². The van der Waals surface area contributed by atoms with Crippen LogP contribution >= 0.6 is 15.9 Å². The number of aromatic amines is 1. The van der Waals surface area contributed by atoms with Crippen LogP contribution in [-0.4, -0.2) is 92.4 Å². The number of carbonyl (C=O) groups is 3. The normalized spacial score (nSPS) is 33.7.